The van der Waals surface area contributed by atoms with Crippen LogP contribution in [0.4, 0.5) is 4.39 Å². The van der Waals surface area contributed by atoms with Crippen molar-refractivity contribution in [3.05, 3.63) is 61.8 Å². The fourth-order valence-corrected chi connectivity index (χ4v) is 5.12. The summed E-state index contributed by atoms with van der Waals surface area (Å²) in [5.74, 6) is 0.846. The van der Waals surface area contributed by atoms with E-state index in [0.29, 0.717) is 23.0 Å². The van der Waals surface area contributed by atoms with E-state index >= 15 is 0 Å². The van der Waals surface area contributed by atoms with E-state index in [9.17, 15) is 9.18 Å². The normalized spacial score (nSPS) is 16.7. The number of methoxy groups -OCH3 is 1. The largest absolute Gasteiger partial charge is 0.493 e. The SMILES string of the molecule is COc1cc(/C=C2/SC(=NC(C)C)N(C(C)C)C2=O)cc(I)c1OCc1ccc(F)cc1. The van der Waals surface area contributed by atoms with Gasteiger partial charge in [0.15, 0.2) is 16.7 Å². The highest BCUT2D eigenvalue weighted by Crippen LogP contribution is 2.38. The van der Waals surface area contributed by atoms with Gasteiger partial charge in [0.05, 0.1) is 15.6 Å². The summed E-state index contributed by atoms with van der Waals surface area (Å²) in [6.07, 6.45) is 1.86. The quantitative estimate of drug-likeness (QED) is 0.299. The minimum Gasteiger partial charge on any atom is -0.493 e. The van der Waals surface area contributed by atoms with Crippen molar-refractivity contribution in [2.24, 2.45) is 4.99 Å². The molecule has 32 heavy (non-hydrogen) atoms. The maximum absolute atomic E-state index is 13.1. The molecule has 1 fully saturated rings. The zero-order valence-electron chi connectivity index (χ0n) is 18.7. The number of thioether (sulfide) groups is 1. The van der Waals surface area contributed by atoms with Crippen LogP contribution < -0.4 is 9.47 Å². The first-order chi connectivity index (χ1) is 15.2. The van der Waals surface area contributed by atoms with Gasteiger partial charge in [0.2, 0.25) is 0 Å². The lowest BCUT2D eigenvalue weighted by Gasteiger charge is -2.20. The molecule has 1 amide bonds. The molecular weight excluding hydrogens is 542 g/mol. The third kappa shape index (κ3) is 5.83. The van der Waals surface area contributed by atoms with Crippen LogP contribution in [0.15, 0.2) is 46.3 Å². The van der Waals surface area contributed by atoms with Crippen LogP contribution in [0, 0.1) is 9.39 Å². The number of nitrogens with zero attached hydrogens (tertiary/aromatic N) is 2. The second-order valence-corrected chi connectivity index (χ2v) is 10.0. The zero-order valence-corrected chi connectivity index (χ0v) is 21.7. The summed E-state index contributed by atoms with van der Waals surface area (Å²) in [6.45, 7) is 8.25. The number of benzene rings is 2. The molecule has 2 aromatic carbocycles. The Morgan fingerprint density at radius 2 is 1.88 bits per heavy atom. The monoisotopic (exact) mass is 568 g/mol. The molecule has 0 N–H and O–H groups in total. The standard InChI is InChI=1S/C24H26FIN2O3S/c1-14(2)27-24-28(15(3)4)23(29)21(32-24)12-17-10-19(26)22(20(11-17)30-5)31-13-16-6-8-18(25)9-7-16/h6-12,14-15H,13H2,1-5H3/b21-12+,27-24?. The second kappa shape index (κ2) is 10.7. The van der Waals surface area contributed by atoms with Gasteiger partial charge in [-0.05, 0) is 104 Å². The third-order valence-electron chi connectivity index (χ3n) is 4.57. The minimum absolute atomic E-state index is 0.0234. The maximum atomic E-state index is 13.1. The fourth-order valence-electron chi connectivity index (χ4n) is 3.10. The lowest BCUT2D eigenvalue weighted by Crippen LogP contribution is -2.35. The Morgan fingerprint density at radius 3 is 2.47 bits per heavy atom. The summed E-state index contributed by atoms with van der Waals surface area (Å²) in [7, 11) is 1.58. The molecule has 5 nitrogen and oxygen atoms in total. The molecule has 8 heteroatoms. The molecule has 0 radical (unpaired) electrons. The van der Waals surface area contributed by atoms with Crippen molar-refractivity contribution >= 4 is 51.5 Å². The molecular formula is C24H26FIN2O3S. The van der Waals surface area contributed by atoms with Gasteiger partial charge >= 0.3 is 0 Å². The number of amides is 1. The Labute approximate surface area is 206 Å². The van der Waals surface area contributed by atoms with Crippen molar-refractivity contribution in [2.75, 3.05) is 7.11 Å². The molecule has 0 saturated carbocycles. The van der Waals surface area contributed by atoms with Gasteiger partial charge in [-0.15, -0.1) is 0 Å². The van der Waals surface area contributed by atoms with E-state index in [4.69, 9.17) is 9.47 Å². The number of ether oxygens (including phenoxy) is 2. The Bertz CT molecular complexity index is 1050. The van der Waals surface area contributed by atoms with E-state index in [1.54, 1.807) is 24.1 Å². The van der Waals surface area contributed by atoms with Gasteiger partial charge in [0, 0.05) is 12.1 Å². The molecule has 3 rings (SSSR count). The highest BCUT2D eigenvalue weighted by atomic mass is 127. The van der Waals surface area contributed by atoms with Gasteiger partial charge in [0.25, 0.3) is 5.91 Å². The molecule has 0 unspecified atom stereocenters. The predicted molar refractivity (Wildman–Crippen MR) is 137 cm³/mol. The Balaban J connectivity index is 1.87. The van der Waals surface area contributed by atoms with Crippen molar-refractivity contribution in [1.82, 2.24) is 4.90 Å². The first-order valence-corrected chi connectivity index (χ1v) is 12.1. The minimum atomic E-state index is -0.282. The van der Waals surface area contributed by atoms with Gasteiger partial charge in [-0.3, -0.25) is 14.7 Å². The molecule has 0 spiro atoms. The van der Waals surface area contributed by atoms with Gasteiger partial charge in [-0.25, -0.2) is 4.39 Å². The summed E-state index contributed by atoms with van der Waals surface area (Å²) in [4.78, 5) is 20.0. The molecule has 170 valence electrons. The summed E-state index contributed by atoms with van der Waals surface area (Å²) in [5.41, 5.74) is 1.69. The average molecular weight is 568 g/mol. The molecule has 2 aromatic rings. The Kier molecular flexibility index (Phi) is 8.21. The zero-order chi connectivity index (χ0) is 23.4. The van der Waals surface area contributed by atoms with Crippen LogP contribution in [0.1, 0.15) is 38.8 Å². The smallest absolute Gasteiger partial charge is 0.266 e. The van der Waals surface area contributed by atoms with E-state index in [1.165, 1.54) is 23.9 Å². The molecule has 0 aromatic heterocycles. The lowest BCUT2D eigenvalue weighted by molar-refractivity contribution is -0.123. The number of carbonyl (C=O) groups excluding carboxylic acids is 1. The molecule has 0 bridgehead atoms. The van der Waals surface area contributed by atoms with Crippen LogP contribution in [0.2, 0.25) is 0 Å². The number of hydrogen-bond donors (Lipinski definition) is 0. The van der Waals surface area contributed by atoms with Crippen molar-refractivity contribution in [2.45, 2.75) is 46.4 Å². The number of hydrogen-bond acceptors (Lipinski definition) is 5. The first-order valence-electron chi connectivity index (χ1n) is 10.2. The topological polar surface area (TPSA) is 51.1 Å². The predicted octanol–water partition coefficient (Wildman–Crippen LogP) is 6.11. The van der Waals surface area contributed by atoms with E-state index in [-0.39, 0.29) is 23.8 Å². The summed E-state index contributed by atoms with van der Waals surface area (Å²) >= 11 is 3.58. The number of carbonyl (C=O) groups is 1. The van der Waals surface area contributed by atoms with Gasteiger partial charge in [-0.2, -0.15) is 0 Å². The van der Waals surface area contributed by atoms with Gasteiger partial charge in [0.1, 0.15) is 12.4 Å². The van der Waals surface area contributed by atoms with Gasteiger partial charge in [-0.1, -0.05) is 12.1 Å². The summed E-state index contributed by atoms with van der Waals surface area (Å²) < 4.78 is 25.5. The van der Waals surface area contributed by atoms with Crippen molar-refractivity contribution < 1.29 is 18.7 Å². The summed E-state index contributed by atoms with van der Waals surface area (Å²) in [6, 6.07) is 10.1. The molecule has 1 aliphatic rings. The number of aliphatic imine (C=N–C) groups is 1. The van der Waals surface area contributed by atoms with Crippen molar-refractivity contribution in [1.29, 1.82) is 0 Å². The van der Waals surface area contributed by atoms with Crippen LogP contribution in [-0.4, -0.2) is 35.2 Å². The number of halogens is 2. The Morgan fingerprint density at radius 1 is 1.19 bits per heavy atom. The van der Waals surface area contributed by atoms with E-state index in [0.717, 1.165) is 19.9 Å². The lowest BCUT2D eigenvalue weighted by atomic mass is 10.1. The maximum Gasteiger partial charge on any atom is 0.266 e. The van der Waals surface area contributed by atoms with Crippen molar-refractivity contribution in [3.63, 3.8) is 0 Å². The highest BCUT2D eigenvalue weighted by Gasteiger charge is 2.35. The molecule has 1 heterocycles. The van der Waals surface area contributed by atoms with Gasteiger partial charge < -0.3 is 9.47 Å². The second-order valence-electron chi connectivity index (χ2n) is 7.83. The Hall–Kier alpha value is -2.07. The highest BCUT2D eigenvalue weighted by molar-refractivity contribution is 14.1. The fraction of sp³-hybridized carbons (Fsp3) is 0.333. The van der Waals surface area contributed by atoms with Crippen LogP contribution in [0.5, 0.6) is 11.5 Å². The van der Waals surface area contributed by atoms with Crippen LogP contribution in [0.3, 0.4) is 0 Å². The van der Waals surface area contributed by atoms with Crippen LogP contribution in [-0.2, 0) is 11.4 Å². The van der Waals surface area contributed by atoms with E-state index < -0.39 is 0 Å². The first kappa shape index (κ1) is 24.6. The average Bonchev–Trinajstić information content (AvgIpc) is 3.02. The van der Waals surface area contributed by atoms with E-state index in [2.05, 4.69) is 27.6 Å². The van der Waals surface area contributed by atoms with Crippen LogP contribution in [0.25, 0.3) is 6.08 Å². The molecule has 1 saturated heterocycles. The third-order valence-corrected chi connectivity index (χ3v) is 6.37. The van der Waals surface area contributed by atoms with Crippen LogP contribution >= 0.6 is 34.4 Å². The number of rotatable bonds is 7. The molecule has 1 aliphatic heterocycles. The molecule has 0 aliphatic carbocycles. The molecule has 0 atom stereocenters. The van der Waals surface area contributed by atoms with Crippen molar-refractivity contribution in [3.8, 4) is 11.5 Å². The summed E-state index contributed by atoms with van der Waals surface area (Å²) in [5, 5.41) is 0.729. The van der Waals surface area contributed by atoms with E-state index in [1.807, 2.05) is 45.9 Å². The number of amidine groups is 1.